The molecule has 0 atom stereocenters. The molecule has 0 bridgehead atoms. The van der Waals surface area contributed by atoms with Gasteiger partial charge >= 0.3 is 0 Å². The minimum Gasteiger partial charge on any atom is -0.497 e. The number of piperidine rings is 1. The first kappa shape index (κ1) is 18.0. The second kappa shape index (κ2) is 7.33. The van der Waals surface area contributed by atoms with Crippen LogP contribution in [-0.2, 0) is 16.8 Å². The molecule has 1 amide bonds. The summed E-state index contributed by atoms with van der Waals surface area (Å²) in [6.45, 7) is 2.60. The molecule has 0 unspecified atom stereocenters. The molecule has 2 heterocycles. The van der Waals surface area contributed by atoms with Gasteiger partial charge in [-0.2, -0.15) is 0 Å². The molecule has 2 aromatic carbocycles. The summed E-state index contributed by atoms with van der Waals surface area (Å²) in [5.41, 5.74) is 2.39. The van der Waals surface area contributed by atoms with Gasteiger partial charge in [-0.25, -0.2) is 0 Å². The first-order valence-corrected chi connectivity index (χ1v) is 9.57. The number of anilines is 1. The predicted molar refractivity (Wildman–Crippen MR) is 105 cm³/mol. The number of amides is 1. The third-order valence-corrected chi connectivity index (χ3v) is 5.86. The molecular weight excluding hydrogens is 340 g/mol. The molecule has 0 saturated carbocycles. The lowest BCUT2D eigenvalue weighted by atomic mass is 9.84. The highest BCUT2D eigenvalue weighted by Crippen LogP contribution is 2.34. The van der Waals surface area contributed by atoms with Crippen molar-refractivity contribution in [1.29, 1.82) is 0 Å². The molecule has 2 aliphatic heterocycles. The number of ether oxygens (including phenoxy) is 1. The van der Waals surface area contributed by atoms with Gasteiger partial charge in [-0.1, -0.05) is 30.3 Å². The molecule has 4 rings (SSSR count). The fourth-order valence-electron chi connectivity index (χ4n) is 4.14. The Morgan fingerprint density at radius 2 is 1.78 bits per heavy atom. The van der Waals surface area contributed by atoms with Crippen LogP contribution in [0.15, 0.2) is 48.5 Å². The number of carbonyl (C=O) groups is 1. The smallest absolute Gasteiger partial charge is 0.241 e. The van der Waals surface area contributed by atoms with Gasteiger partial charge in [-0.3, -0.25) is 9.69 Å². The van der Waals surface area contributed by atoms with Crippen LogP contribution in [0.3, 0.4) is 0 Å². The quantitative estimate of drug-likeness (QED) is 0.904. The Morgan fingerprint density at radius 1 is 1.07 bits per heavy atom. The van der Waals surface area contributed by atoms with Gasteiger partial charge < -0.3 is 14.7 Å². The van der Waals surface area contributed by atoms with E-state index in [1.165, 1.54) is 5.56 Å². The minimum atomic E-state index is -0.827. The topological polar surface area (TPSA) is 53.0 Å². The molecule has 1 fully saturated rings. The maximum absolute atomic E-state index is 12.8. The summed E-state index contributed by atoms with van der Waals surface area (Å²) in [4.78, 5) is 16.8. The lowest BCUT2D eigenvalue weighted by molar-refractivity contribution is -0.121. The van der Waals surface area contributed by atoms with Crippen LogP contribution in [0.4, 0.5) is 5.69 Å². The maximum atomic E-state index is 12.8. The summed E-state index contributed by atoms with van der Waals surface area (Å²) < 4.78 is 5.19. The van der Waals surface area contributed by atoms with Gasteiger partial charge in [-0.15, -0.1) is 0 Å². The van der Waals surface area contributed by atoms with Crippen molar-refractivity contribution in [3.05, 3.63) is 59.7 Å². The second-order valence-electron chi connectivity index (χ2n) is 7.46. The standard InChI is InChI=1S/C22H26N2O3/c1-27-19-8-6-18(7-9-19)22(26)11-14-23(15-12-22)16-21(25)24-13-10-17-4-2-3-5-20(17)24/h2-9,26H,10-16H2,1H3. The molecule has 0 aliphatic carbocycles. The van der Waals surface area contributed by atoms with Crippen LogP contribution >= 0.6 is 0 Å². The van der Waals surface area contributed by atoms with E-state index in [2.05, 4.69) is 11.0 Å². The number of methoxy groups -OCH3 is 1. The van der Waals surface area contributed by atoms with Gasteiger partial charge in [0, 0.05) is 25.3 Å². The number of para-hydroxylation sites is 1. The zero-order valence-corrected chi connectivity index (χ0v) is 15.7. The van der Waals surface area contributed by atoms with E-state index in [1.54, 1.807) is 7.11 Å². The van der Waals surface area contributed by atoms with Crippen molar-refractivity contribution >= 4 is 11.6 Å². The van der Waals surface area contributed by atoms with E-state index in [4.69, 9.17) is 4.74 Å². The fourth-order valence-corrected chi connectivity index (χ4v) is 4.14. The normalized spacial score (nSPS) is 19.0. The number of hydrogen-bond donors (Lipinski definition) is 1. The van der Waals surface area contributed by atoms with Crippen LogP contribution in [0.2, 0.25) is 0 Å². The van der Waals surface area contributed by atoms with Crippen molar-refractivity contribution in [3.8, 4) is 5.75 Å². The number of fused-ring (bicyclic) bond motifs is 1. The lowest BCUT2D eigenvalue weighted by Crippen LogP contribution is -2.47. The molecule has 1 saturated heterocycles. The number of rotatable bonds is 4. The zero-order chi connectivity index (χ0) is 18.9. The Bertz CT molecular complexity index is 811. The van der Waals surface area contributed by atoms with E-state index in [9.17, 15) is 9.90 Å². The van der Waals surface area contributed by atoms with E-state index in [-0.39, 0.29) is 5.91 Å². The molecule has 2 aromatic rings. The number of hydrogen-bond acceptors (Lipinski definition) is 4. The number of likely N-dealkylation sites (tertiary alicyclic amines) is 1. The van der Waals surface area contributed by atoms with Gasteiger partial charge in [0.25, 0.3) is 0 Å². The summed E-state index contributed by atoms with van der Waals surface area (Å²) in [6.07, 6.45) is 2.19. The van der Waals surface area contributed by atoms with Gasteiger partial charge in [-0.05, 0) is 48.6 Å². The average Bonchev–Trinajstić information content (AvgIpc) is 3.14. The SMILES string of the molecule is COc1ccc(C2(O)CCN(CC(=O)N3CCc4ccccc43)CC2)cc1. The van der Waals surface area contributed by atoms with Crippen LogP contribution in [0.5, 0.6) is 5.75 Å². The number of carbonyl (C=O) groups excluding carboxylic acids is 1. The Morgan fingerprint density at radius 3 is 2.48 bits per heavy atom. The van der Waals surface area contributed by atoms with Gasteiger partial charge in [0.05, 0.1) is 19.3 Å². The van der Waals surface area contributed by atoms with Gasteiger partial charge in [0.1, 0.15) is 5.75 Å². The van der Waals surface area contributed by atoms with Crippen molar-refractivity contribution in [2.45, 2.75) is 24.9 Å². The molecule has 5 heteroatoms. The van der Waals surface area contributed by atoms with Gasteiger partial charge in [0.2, 0.25) is 5.91 Å². The summed E-state index contributed by atoms with van der Waals surface area (Å²) in [5.74, 6) is 0.936. The maximum Gasteiger partial charge on any atom is 0.241 e. The third kappa shape index (κ3) is 3.57. The third-order valence-electron chi connectivity index (χ3n) is 5.86. The predicted octanol–water partition coefficient (Wildman–Crippen LogP) is 2.57. The molecule has 2 aliphatic rings. The van der Waals surface area contributed by atoms with Gasteiger partial charge in [0.15, 0.2) is 0 Å². The van der Waals surface area contributed by atoms with Crippen LogP contribution in [0, 0.1) is 0 Å². The average molecular weight is 366 g/mol. The summed E-state index contributed by atoms with van der Waals surface area (Å²) in [7, 11) is 1.64. The molecule has 1 N–H and O–H groups in total. The molecule has 0 spiro atoms. The lowest BCUT2D eigenvalue weighted by Gasteiger charge is -2.38. The monoisotopic (exact) mass is 366 g/mol. The van der Waals surface area contributed by atoms with E-state index < -0.39 is 5.60 Å². The fraction of sp³-hybridized carbons (Fsp3) is 0.409. The van der Waals surface area contributed by atoms with Crippen molar-refractivity contribution < 1.29 is 14.6 Å². The molecule has 27 heavy (non-hydrogen) atoms. The van der Waals surface area contributed by atoms with Crippen molar-refractivity contribution in [1.82, 2.24) is 4.90 Å². The highest BCUT2D eigenvalue weighted by atomic mass is 16.5. The molecule has 0 radical (unpaired) electrons. The molecule has 0 aromatic heterocycles. The van der Waals surface area contributed by atoms with Crippen molar-refractivity contribution in [2.75, 3.05) is 38.2 Å². The molecular formula is C22H26N2O3. The second-order valence-corrected chi connectivity index (χ2v) is 7.46. The summed E-state index contributed by atoms with van der Waals surface area (Å²) in [6, 6.07) is 15.8. The Labute approximate surface area is 160 Å². The van der Waals surface area contributed by atoms with Crippen molar-refractivity contribution in [3.63, 3.8) is 0 Å². The number of nitrogens with zero attached hydrogens (tertiary/aromatic N) is 2. The summed E-state index contributed by atoms with van der Waals surface area (Å²) >= 11 is 0. The highest BCUT2D eigenvalue weighted by molar-refractivity contribution is 5.96. The van der Waals surface area contributed by atoms with Crippen LogP contribution in [0.25, 0.3) is 0 Å². The number of benzene rings is 2. The zero-order valence-electron chi connectivity index (χ0n) is 15.7. The van der Waals surface area contributed by atoms with E-state index in [1.807, 2.05) is 47.4 Å². The summed E-state index contributed by atoms with van der Waals surface area (Å²) in [5, 5.41) is 11.0. The highest BCUT2D eigenvalue weighted by Gasteiger charge is 2.35. The minimum absolute atomic E-state index is 0.148. The van der Waals surface area contributed by atoms with E-state index in [0.29, 0.717) is 32.5 Å². The molecule has 5 nitrogen and oxygen atoms in total. The van der Waals surface area contributed by atoms with Crippen LogP contribution in [-0.4, -0.2) is 49.2 Å². The van der Waals surface area contributed by atoms with E-state index >= 15 is 0 Å². The van der Waals surface area contributed by atoms with Crippen LogP contribution in [0.1, 0.15) is 24.0 Å². The van der Waals surface area contributed by atoms with Crippen molar-refractivity contribution in [2.24, 2.45) is 0 Å². The first-order chi connectivity index (χ1) is 13.1. The Kier molecular flexibility index (Phi) is 4.89. The Balaban J connectivity index is 1.36. The number of aliphatic hydroxyl groups is 1. The largest absolute Gasteiger partial charge is 0.497 e. The molecule has 142 valence electrons. The van der Waals surface area contributed by atoms with E-state index in [0.717, 1.165) is 30.0 Å². The first-order valence-electron chi connectivity index (χ1n) is 9.57. The van der Waals surface area contributed by atoms with Crippen LogP contribution < -0.4 is 9.64 Å². The Hall–Kier alpha value is -2.37.